The molecule has 80 valence electrons. The summed E-state index contributed by atoms with van der Waals surface area (Å²) < 4.78 is 0. The Labute approximate surface area is 86.1 Å². The lowest BCUT2D eigenvalue weighted by atomic mass is 10.3. The highest BCUT2D eigenvalue weighted by atomic mass is 15.3. The fraction of sp³-hybridized carbons (Fsp3) is 0.143. The molecule has 0 aliphatic heterocycles. The molecule has 8 nitrogen and oxygen atoms in total. The molecule has 0 fully saturated rings. The van der Waals surface area contributed by atoms with Crippen molar-refractivity contribution in [2.75, 3.05) is 0 Å². The monoisotopic (exact) mass is 208 g/mol. The summed E-state index contributed by atoms with van der Waals surface area (Å²) in [6, 6.07) is 0. The van der Waals surface area contributed by atoms with Crippen LogP contribution in [0.15, 0.2) is 32.6 Å². The molecular weight excluding hydrogens is 196 g/mol. The molecule has 8 heteroatoms. The topological polar surface area (TPSA) is 154 Å². The van der Waals surface area contributed by atoms with E-state index in [1.165, 1.54) is 0 Å². The summed E-state index contributed by atoms with van der Waals surface area (Å²) in [5.74, 6) is -0.184. The van der Waals surface area contributed by atoms with Crippen molar-refractivity contribution in [2.24, 2.45) is 43.3 Å². The lowest BCUT2D eigenvalue weighted by Gasteiger charge is -1.90. The van der Waals surface area contributed by atoms with Gasteiger partial charge in [0, 0.05) is 6.42 Å². The van der Waals surface area contributed by atoms with E-state index in [1.807, 2.05) is 0 Å². The number of allylic oxidation sites excluding steroid dienone is 2. The van der Waals surface area contributed by atoms with E-state index in [0.717, 1.165) is 0 Å². The molecule has 0 saturated carbocycles. The molecular formula is C7H12N8. The van der Waals surface area contributed by atoms with Crippen molar-refractivity contribution in [3.63, 3.8) is 0 Å². The van der Waals surface area contributed by atoms with Gasteiger partial charge in [-0.25, -0.2) is 0 Å². The molecule has 0 aromatic carbocycles. The molecule has 0 aromatic heterocycles. The van der Waals surface area contributed by atoms with Crippen LogP contribution in [0.3, 0.4) is 0 Å². The summed E-state index contributed by atoms with van der Waals surface area (Å²) in [5.41, 5.74) is 21.8. The van der Waals surface area contributed by atoms with Gasteiger partial charge in [0.2, 0.25) is 11.9 Å². The summed E-state index contributed by atoms with van der Waals surface area (Å²) in [7, 11) is 0. The predicted octanol–water partition coefficient (Wildman–Crippen LogP) is -1.79. The number of nitrogens with zero attached hydrogens (tertiary/aromatic N) is 4. The van der Waals surface area contributed by atoms with Gasteiger partial charge in [-0.2, -0.15) is 10.2 Å². The fourth-order valence-electron chi connectivity index (χ4n) is 0.877. The average molecular weight is 208 g/mol. The largest absolute Gasteiger partial charge is 0.369 e. The lowest BCUT2D eigenvalue weighted by molar-refractivity contribution is 1.18. The van der Waals surface area contributed by atoms with Crippen LogP contribution in [-0.4, -0.2) is 23.3 Å². The van der Waals surface area contributed by atoms with Gasteiger partial charge >= 0.3 is 0 Å². The molecule has 8 N–H and O–H groups in total. The minimum Gasteiger partial charge on any atom is -0.369 e. The molecule has 15 heavy (non-hydrogen) atoms. The second-order valence-electron chi connectivity index (χ2n) is 2.74. The van der Waals surface area contributed by atoms with Gasteiger partial charge in [-0.15, -0.1) is 10.2 Å². The van der Waals surface area contributed by atoms with Gasteiger partial charge in [0.05, 0.1) is 11.4 Å². The highest BCUT2D eigenvalue weighted by molar-refractivity contribution is 6.20. The molecule has 0 unspecified atom stereocenters. The Morgan fingerprint density at radius 3 is 1.60 bits per heavy atom. The number of hydrogen-bond acceptors (Lipinski definition) is 4. The van der Waals surface area contributed by atoms with Crippen molar-refractivity contribution >= 4 is 23.3 Å². The Bertz CT molecular complexity index is 342. The van der Waals surface area contributed by atoms with Crippen LogP contribution in [-0.2, 0) is 0 Å². The summed E-state index contributed by atoms with van der Waals surface area (Å²) in [4.78, 5) is 0. The van der Waals surface area contributed by atoms with Crippen LogP contribution >= 0.6 is 0 Å². The first-order valence-electron chi connectivity index (χ1n) is 4.07. The molecule has 0 amide bonds. The van der Waals surface area contributed by atoms with Crippen molar-refractivity contribution < 1.29 is 0 Å². The molecule has 1 rings (SSSR count). The SMILES string of the molecule is NC(N)=N/N=C1C=C/C(=N\N=C(N)N)C\1. The van der Waals surface area contributed by atoms with E-state index in [9.17, 15) is 0 Å². The van der Waals surface area contributed by atoms with Crippen LogP contribution in [0, 0.1) is 0 Å². The maximum Gasteiger partial charge on any atom is 0.211 e. The number of nitrogens with two attached hydrogens (primary N) is 4. The number of hydrogen-bond donors (Lipinski definition) is 4. The highest BCUT2D eigenvalue weighted by Gasteiger charge is 2.08. The van der Waals surface area contributed by atoms with Crippen molar-refractivity contribution in [1.29, 1.82) is 0 Å². The van der Waals surface area contributed by atoms with E-state index in [2.05, 4.69) is 20.4 Å². The molecule has 0 aromatic rings. The number of rotatable bonds is 2. The van der Waals surface area contributed by atoms with E-state index in [-0.39, 0.29) is 11.9 Å². The highest BCUT2D eigenvalue weighted by Crippen LogP contribution is 2.05. The summed E-state index contributed by atoms with van der Waals surface area (Å²) in [6.45, 7) is 0. The zero-order valence-corrected chi connectivity index (χ0v) is 7.96. The van der Waals surface area contributed by atoms with E-state index in [4.69, 9.17) is 22.9 Å². The van der Waals surface area contributed by atoms with Gasteiger partial charge in [0.25, 0.3) is 0 Å². The smallest absolute Gasteiger partial charge is 0.211 e. The maximum absolute atomic E-state index is 5.12. The van der Waals surface area contributed by atoms with Crippen molar-refractivity contribution in [3.05, 3.63) is 12.2 Å². The third-order valence-corrected chi connectivity index (χ3v) is 1.42. The Kier molecular flexibility index (Phi) is 3.38. The quantitative estimate of drug-likeness (QED) is 0.240. The van der Waals surface area contributed by atoms with Gasteiger partial charge in [-0.05, 0) is 12.2 Å². The minimum atomic E-state index is -0.0921. The van der Waals surface area contributed by atoms with Gasteiger partial charge < -0.3 is 22.9 Å². The predicted molar refractivity (Wildman–Crippen MR) is 60.2 cm³/mol. The Morgan fingerprint density at radius 2 is 1.27 bits per heavy atom. The first kappa shape index (κ1) is 10.7. The molecule has 0 heterocycles. The van der Waals surface area contributed by atoms with Crippen molar-refractivity contribution in [3.8, 4) is 0 Å². The normalized spacial score (nSPS) is 19.5. The van der Waals surface area contributed by atoms with E-state index in [1.54, 1.807) is 12.2 Å². The Morgan fingerprint density at radius 1 is 0.867 bits per heavy atom. The van der Waals surface area contributed by atoms with Gasteiger partial charge in [-0.1, -0.05) is 0 Å². The molecule has 1 aliphatic carbocycles. The zero-order chi connectivity index (χ0) is 11.3. The van der Waals surface area contributed by atoms with Crippen molar-refractivity contribution in [2.45, 2.75) is 6.42 Å². The first-order chi connectivity index (χ1) is 7.08. The minimum absolute atomic E-state index is 0.0921. The molecule has 0 spiro atoms. The van der Waals surface area contributed by atoms with Gasteiger partial charge in [0.1, 0.15) is 0 Å². The standard InChI is InChI=1S/C7H12N8/c8-6(9)14-12-4-1-2-5(3-4)13-15-7(10)11/h1-2H,3H2,(H4,8,9,14)(H4,10,11,15)/b12-4+,13-5+. The zero-order valence-electron chi connectivity index (χ0n) is 7.96. The van der Waals surface area contributed by atoms with Crippen LogP contribution in [0.5, 0.6) is 0 Å². The van der Waals surface area contributed by atoms with Crippen molar-refractivity contribution in [1.82, 2.24) is 0 Å². The maximum atomic E-state index is 5.12. The molecule has 0 atom stereocenters. The Hall–Kier alpha value is -2.38. The van der Waals surface area contributed by atoms with E-state index in [0.29, 0.717) is 17.8 Å². The third kappa shape index (κ3) is 3.89. The van der Waals surface area contributed by atoms with Gasteiger partial charge in [0.15, 0.2) is 0 Å². The fourth-order valence-corrected chi connectivity index (χ4v) is 0.877. The van der Waals surface area contributed by atoms with E-state index < -0.39 is 0 Å². The summed E-state index contributed by atoms with van der Waals surface area (Å²) in [6.07, 6.45) is 3.95. The lowest BCUT2D eigenvalue weighted by Crippen LogP contribution is -2.22. The summed E-state index contributed by atoms with van der Waals surface area (Å²) >= 11 is 0. The molecule has 0 radical (unpaired) electrons. The second-order valence-corrected chi connectivity index (χ2v) is 2.74. The second kappa shape index (κ2) is 4.74. The Balaban J connectivity index is 2.66. The third-order valence-electron chi connectivity index (χ3n) is 1.42. The van der Waals surface area contributed by atoms with Gasteiger partial charge in [-0.3, -0.25) is 0 Å². The van der Waals surface area contributed by atoms with Crippen LogP contribution in [0.1, 0.15) is 6.42 Å². The van der Waals surface area contributed by atoms with Crippen LogP contribution in [0.4, 0.5) is 0 Å². The molecule has 0 bridgehead atoms. The summed E-state index contributed by atoms with van der Waals surface area (Å²) in [5, 5.41) is 14.6. The van der Waals surface area contributed by atoms with Crippen LogP contribution in [0.2, 0.25) is 0 Å². The van der Waals surface area contributed by atoms with E-state index >= 15 is 0 Å². The first-order valence-corrected chi connectivity index (χ1v) is 4.07. The van der Waals surface area contributed by atoms with Crippen LogP contribution in [0.25, 0.3) is 0 Å². The molecule has 0 saturated heterocycles. The average Bonchev–Trinajstić information content (AvgIpc) is 2.59. The number of guanidine groups is 2. The molecule has 1 aliphatic rings. The van der Waals surface area contributed by atoms with Crippen LogP contribution < -0.4 is 22.9 Å².